The molecule has 2 rings (SSSR count). The Morgan fingerprint density at radius 1 is 1.04 bits per heavy atom. The summed E-state index contributed by atoms with van der Waals surface area (Å²) in [7, 11) is -0.384. The van der Waals surface area contributed by atoms with Gasteiger partial charge in [0.1, 0.15) is 0 Å². The Labute approximate surface area is 139 Å². The lowest BCUT2D eigenvalue weighted by Gasteiger charge is -2.32. The van der Waals surface area contributed by atoms with Gasteiger partial charge in [0, 0.05) is 5.69 Å². The highest BCUT2D eigenvalue weighted by atomic mass is 16.7. The van der Waals surface area contributed by atoms with E-state index in [0.717, 1.165) is 11.2 Å². The van der Waals surface area contributed by atoms with Gasteiger partial charge in [0.15, 0.2) is 0 Å². The van der Waals surface area contributed by atoms with Gasteiger partial charge in [-0.25, -0.2) is 0 Å². The van der Waals surface area contributed by atoms with Crippen molar-refractivity contribution in [3.05, 3.63) is 24.3 Å². The van der Waals surface area contributed by atoms with Gasteiger partial charge in [-0.1, -0.05) is 12.1 Å². The van der Waals surface area contributed by atoms with Crippen molar-refractivity contribution >= 4 is 18.3 Å². The monoisotopic (exact) mass is 321 g/mol. The minimum absolute atomic E-state index is 0.356. The number of hydrogen-bond acceptors (Lipinski definition) is 5. The lowest BCUT2D eigenvalue weighted by molar-refractivity contribution is -0.148. The first kappa shape index (κ1) is 18.3. The third-order valence-corrected chi connectivity index (χ3v) is 4.19. The largest absolute Gasteiger partial charge is 0.494 e. The minimum Gasteiger partial charge on any atom is -0.399 e. The van der Waals surface area contributed by atoms with Crippen LogP contribution >= 0.6 is 0 Å². The van der Waals surface area contributed by atoms with Crippen LogP contribution in [0.1, 0.15) is 48.5 Å². The average molecular weight is 321 g/mol. The Morgan fingerprint density at radius 2 is 1.52 bits per heavy atom. The molecule has 128 valence electrons. The van der Waals surface area contributed by atoms with Crippen LogP contribution in [0, 0.1) is 0 Å². The normalized spacial score (nSPS) is 21.3. The number of nitrogens with one attached hydrogen (secondary N) is 1. The van der Waals surface area contributed by atoms with Crippen LogP contribution in [0.4, 0.5) is 5.69 Å². The highest BCUT2D eigenvalue weighted by Crippen LogP contribution is 2.36. The number of aliphatic hydroxyl groups excluding tert-OH is 1. The number of rotatable bonds is 4. The molecule has 1 heterocycles. The van der Waals surface area contributed by atoms with Crippen LogP contribution in [-0.4, -0.2) is 35.4 Å². The van der Waals surface area contributed by atoms with Gasteiger partial charge in [-0.3, -0.25) is 0 Å². The average Bonchev–Trinajstić information content (AvgIpc) is 2.56. The Hall–Kier alpha value is -1.08. The maximum Gasteiger partial charge on any atom is 0.494 e. The molecule has 0 aliphatic carbocycles. The standard InChI is InChI=1S/C17H28BNO4/c1-15(2,3)21-14(20)19-13-10-8-12(9-11-13)18-22-16(4,5)17(6,7)23-18/h8-11,14,19-20H,1-7H3. The molecule has 6 heteroatoms. The summed E-state index contributed by atoms with van der Waals surface area (Å²) in [6, 6.07) is 7.59. The fourth-order valence-electron chi connectivity index (χ4n) is 2.22. The molecule has 5 nitrogen and oxygen atoms in total. The molecule has 1 unspecified atom stereocenters. The van der Waals surface area contributed by atoms with Gasteiger partial charge in [-0.15, -0.1) is 0 Å². The first-order chi connectivity index (χ1) is 10.4. The van der Waals surface area contributed by atoms with E-state index in [9.17, 15) is 5.11 Å². The van der Waals surface area contributed by atoms with E-state index in [1.165, 1.54) is 0 Å². The molecular weight excluding hydrogens is 293 g/mol. The van der Waals surface area contributed by atoms with E-state index in [2.05, 4.69) is 5.32 Å². The quantitative estimate of drug-likeness (QED) is 0.659. The van der Waals surface area contributed by atoms with Crippen LogP contribution in [0.2, 0.25) is 0 Å². The first-order valence-corrected chi connectivity index (χ1v) is 7.98. The van der Waals surface area contributed by atoms with Crippen LogP contribution in [0.3, 0.4) is 0 Å². The van der Waals surface area contributed by atoms with Crippen molar-refractivity contribution < 1.29 is 19.2 Å². The molecule has 1 aromatic rings. The first-order valence-electron chi connectivity index (χ1n) is 7.98. The maximum atomic E-state index is 9.87. The Morgan fingerprint density at radius 3 is 1.96 bits per heavy atom. The van der Waals surface area contributed by atoms with E-state index >= 15 is 0 Å². The molecule has 0 aromatic heterocycles. The predicted octanol–water partition coefficient (Wildman–Crippen LogP) is 2.49. The highest BCUT2D eigenvalue weighted by molar-refractivity contribution is 6.62. The summed E-state index contributed by atoms with van der Waals surface area (Å²) in [6.07, 6.45) is -1.06. The lowest BCUT2D eigenvalue weighted by Crippen LogP contribution is -2.41. The second-order valence-electron chi connectivity index (χ2n) is 7.94. The smallest absolute Gasteiger partial charge is 0.399 e. The Kier molecular flexibility index (Phi) is 4.84. The third kappa shape index (κ3) is 4.47. The van der Waals surface area contributed by atoms with E-state index in [1.54, 1.807) is 0 Å². The number of ether oxygens (including phenoxy) is 1. The van der Waals surface area contributed by atoms with Crippen LogP contribution in [0.25, 0.3) is 0 Å². The van der Waals surface area contributed by atoms with Crippen molar-refractivity contribution in [2.24, 2.45) is 0 Å². The molecule has 0 saturated carbocycles. The number of anilines is 1. The fraction of sp³-hybridized carbons (Fsp3) is 0.647. The summed E-state index contributed by atoms with van der Waals surface area (Å²) in [5.74, 6) is 0. The maximum absolute atomic E-state index is 9.87. The van der Waals surface area contributed by atoms with E-state index in [4.69, 9.17) is 14.0 Å². The molecule has 2 N–H and O–H groups in total. The molecule has 1 saturated heterocycles. The van der Waals surface area contributed by atoms with Gasteiger partial charge in [-0.05, 0) is 66.1 Å². The second kappa shape index (κ2) is 6.09. The summed E-state index contributed by atoms with van der Waals surface area (Å²) in [5, 5.41) is 12.8. The zero-order chi connectivity index (χ0) is 17.5. The van der Waals surface area contributed by atoms with Gasteiger partial charge in [0.25, 0.3) is 0 Å². The topological polar surface area (TPSA) is 60.0 Å². The molecule has 0 bridgehead atoms. The molecule has 0 radical (unpaired) electrons. The van der Waals surface area contributed by atoms with Crippen LogP contribution in [-0.2, 0) is 14.0 Å². The van der Waals surface area contributed by atoms with Gasteiger partial charge in [0.2, 0.25) is 6.41 Å². The van der Waals surface area contributed by atoms with Crippen LogP contribution in [0.15, 0.2) is 24.3 Å². The second-order valence-corrected chi connectivity index (χ2v) is 7.94. The van der Waals surface area contributed by atoms with Crippen molar-refractivity contribution in [2.45, 2.75) is 71.7 Å². The molecule has 23 heavy (non-hydrogen) atoms. The van der Waals surface area contributed by atoms with Crippen molar-refractivity contribution in [3.63, 3.8) is 0 Å². The molecule has 1 fully saturated rings. The minimum atomic E-state index is -1.06. The summed E-state index contributed by atoms with van der Waals surface area (Å²) in [5.41, 5.74) is 0.577. The molecule has 1 aliphatic heterocycles. The molecule has 1 aromatic carbocycles. The number of hydrogen-bond donors (Lipinski definition) is 2. The van der Waals surface area contributed by atoms with E-state index in [1.807, 2.05) is 72.7 Å². The van der Waals surface area contributed by atoms with Crippen molar-refractivity contribution in [1.29, 1.82) is 0 Å². The Bertz CT molecular complexity index is 521. The molecule has 1 aliphatic rings. The Balaban J connectivity index is 2.01. The van der Waals surface area contributed by atoms with Gasteiger partial charge < -0.3 is 24.5 Å². The van der Waals surface area contributed by atoms with Gasteiger partial charge in [-0.2, -0.15) is 0 Å². The number of benzene rings is 1. The van der Waals surface area contributed by atoms with Gasteiger partial charge >= 0.3 is 7.12 Å². The van der Waals surface area contributed by atoms with E-state index in [0.29, 0.717) is 0 Å². The summed E-state index contributed by atoms with van der Waals surface area (Å²) in [4.78, 5) is 0. The molecular formula is C17H28BNO4. The predicted molar refractivity (Wildman–Crippen MR) is 92.6 cm³/mol. The molecule has 0 spiro atoms. The van der Waals surface area contributed by atoms with Crippen LogP contribution in [0.5, 0.6) is 0 Å². The van der Waals surface area contributed by atoms with Gasteiger partial charge in [0.05, 0.1) is 16.8 Å². The number of aliphatic hydroxyl groups is 1. The fourth-order valence-corrected chi connectivity index (χ4v) is 2.22. The lowest BCUT2D eigenvalue weighted by atomic mass is 9.79. The van der Waals surface area contributed by atoms with E-state index in [-0.39, 0.29) is 18.3 Å². The summed E-state index contributed by atoms with van der Waals surface area (Å²) < 4.78 is 17.5. The summed E-state index contributed by atoms with van der Waals surface area (Å²) >= 11 is 0. The van der Waals surface area contributed by atoms with Crippen molar-refractivity contribution in [3.8, 4) is 0 Å². The van der Waals surface area contributed by atoms with Crippen molar-refractivity contribution in [1.82, 2.24) is 0 Å². The zero-order valence-corrected chi connectivity index (χ0v) is 15.1. The third-order valence-electron chi connectivity index (χ3n) is 4.19. The van der Waals surface area contributed by atoms with E-state index < -0.39 is 12.0 Å². The molecule has 1 atom stereocenters. The highest BCUT2D eigenvalue weighted by Gasteiger charge is 2.51. The molecule has 0 amide bonds. The SMILES string of the molecule is CC(C)(C)OC(O)Nc1ccc(B2OC(C)(C)C(C)(C)O2)cc1. The zero-order valence-electron chi connectivity index (χ0n) is 15.1. The van der Waals surface area contributed by atoms with Crippen LogP contribution < -0.4 is 10.8 Å². The van der Waals surface area contributed by atoms with Crippen molar-refractivity contribution in [2.75, 3.05) is 5.32 Å². The summed E-state index contributed by atoms with van der Waals surface area (Å²) in [6.45, 7) is 13.8.